The first kappa shape index (κ1) is 20.5. The highest BCUT2D eigenvalue weighted by Gasteiger charge is 2.19. The molecule has 0 saturated carbocycles. The zero-order valence-electron chi connectivity index (χ0n) is 17.1. The molecule has 2 aromatic rings. The van der Waals surface area contributed by atoms with Crippen molar-refractivity contribution in [2.24, 2.45) is 10.7 Å². The lowest BCUT2D eigenvalue weighted by atomic mass is 10.2. The summed E-state index contributed by atoms with van der Waals surface area (Å²) in [5, 5.41) is 3.42. The highest BCUT2D eigenvalue weighted by Crippen LogP contribution is 2.18. The van der Waals surface area contributed by atoms with Crippen molar-refractivity contribution in [2.75, 3.05) is 44.7 Å². The second-order valence-electron chi connectivity index (χ2n) is 7.12. The Balaban J connectivity index is 1.52. The molecule has 0 atom stereocenters. The number of primary amides is 1. The van der Waals surface area contributed by atoms with Gasteiger partial charge in [-0.25, -0.2) is 0 Å². The number of carbonyl (C=O) groups is 1. The van der Waals surface area contributed by atoms with E-state index >= 15 is 0 Å². The second-order valence-corrected chi connectivity index (χ2v) is 7.12. The Morgan fingerprint density at radius 2 is 1.90 bits per heavy atom. The molecule has 29 heavy (non-hydrogen) atoms. The van der Waals surface area contributed by atoms with Crippen LogP contribution in [0.2, 0.25) is 0 Å². The summed E-state index contributed by atoms with van der Waals surface area (Å²) >= 11 is 0. The number of ether oxygens (including phenoxy) is 1. The van der Waals surface area contributed by atoms with Gasteiger partial charge in [0.2, 0.25) is 0 Å². The van der Waals surface area contributed by atoms with Crippen LogP contribution in [-0.2, 0) is 11.3 Å². The number of guanidine groups is 1. The summed E-state index contributed by atoms with van der Waals surface area (Å²) in [6, 6.07) is 16.3. The van der Waals surface area contributed by atoms with E-state index in [1.54, 1.807) is 0 Å². The van der Waals surface area contributed by atoms with Crippen molar-refractivity contribution in [1.82, 2.24) is 10.2 Å². The monoisotopic (exact) mass is 395 g/mol. The minimum absolute atomic E-state index is 0.121. The molecule has 0 unspecified atom stereocenters. The van der Waals surface area contributed by atoms with E-state index in [9.17, 15) is 4.79 Å². The van der Waals surface area contributed by atoms with Gasteiger partial charge in [-0.3, -0.25) is 9.79 Å². The Labute approximate surface area is 172 Å². The van der Waals surface area contributed by atoms with E-state index in [0.717, 1.165) is 37.7 Å². The van der Waals surface area contributed by atoms with Crippen LogP contribution in [0.5, 0.6) is 5.75 Å². The first-order valence-electron chi connectivity index (χ1n) is 9.82. The van der Waals surface area contributed by atoms with E-state index in [-0.39, 0.29) is 6.61 Å². The van der Waals surface area contributed by atoms with Gasteiger partial charge in [-0.15, -0.1) is 0 Å². The molecular weight excluding hydrogens is 366 g/mol. The van der Waals surface area contributed by atoms with Crippen LogP contribution in [0.1, 0.15) is 11.1 Å². The lowest BCUT2D eigenvalue weighted by Gasteiger charge is -2.37. The van der Waals surface area contributed by atoms with E-state index in [1.807, 2.05) is 31.3 Å². The Bertz CT molecular complexity index is 860. The maximum absolute atomic E-state index is 10.9. The molecule has 0 bridgehead atoms. The van der Waals surface area contributed by atoms with Crippen LogP contribution in [0.15, 0.2) is 53.5 Å². The fourth-order valence-electron chi connectivity index (χ4n) is 3.41. The van der Waals surface area contributed by atoms with Crippen LogP contribution in [0.3, 0.4) is 0 Å². The van der Waals surface area contributed by atoms with Gasteiger partial charge < -0.3 is 25.6 Å². The number of hydrogen-bond donors (Lipinski definition) is 2. The lowest BCUT2D eigenvalue weighted by Crippen LogP contribution is -2.52. The molecule has 1 aliphatic rings. The standard InChI is InChI=1S/C22H29N5O2/c1-17-5-3-7-19(13-17)26-9-11-27(12-10-26)22(24-2)25-15-18-6-4-8-20(14-18)29-16-21(23)28/h3-8,13-14H,9-12,15-16H2,1-2H3,(H2,23,28)(H,24,25). The molecule has 0 spiro atoms. The molecule has 2 aromatic carbocycles. The Morgan fingerprint density at radius 1 is 1.14 bits per heavy atom. The van der Waals surface area contributed by atoms with Crippen molar-refractivity contribution in [3.63, 3.8) is 0 Å². The van der Waals surface area contributed by atoms with Crippen LogP contribution >= 0.6 is 0 Å². The zero-order valence-corrected chi connectivity index (χ0v) is 17.1. The smallest absolute Gasteiger partial charge is 0.255 e. The van der Waals surface area contributed by atoms with Crippen molar-refractivity contribution in [2.45, 2.75) is 13.5 Å². The Morgan fingerprint density at radius 3 is 2.59 bits per heavy atom. The predicted octanol–water partition coefficient (Wildman–Crippen LogP) is 1.76. The third-order valence-corrected chi connectivity index (χ3v) is 4.89. The Hall–Kier alpha value is -3.22. The largest absolute Gasteiger partial charge is 0.484 e. The number of aliphatic imine (C=N–C) groups is 1. The molecule has 1 aliphatic heterocycles. The average molecular weight is 396 g/mol. The Kier molecular flexibility index (Phi) is 6.94. The number of rotatable bonds is 6. The number of nitrogens with one attached hydrogen (secondary N) is 1. The number of amides is 1. The van der Waals surface area contributed by atoms with E-state index in [1.165, 1.54) is 11.3 Å². The van der Waals surface area contributed by atoms with Gasteiger partial charge in [0.15, 0.2) is 12.6 Å². The first-order valence-corrected chi connectivity index (χ1v) is 9.82. The number of carbonyl (C=O) groups excluding carboxylic acids is 1. The number of anilines is 1. The number of aryl methyl sites for hydroxylation is 1. The van der Waals surface area contributed by atoms with E-state index in [2.05, 4.69) is 51.3 Å². The number of nitrogens with zero attached hydrogens (tertiary/aromatic N) is 3. The van der Waals surface area contributed by atoms with E-state index < -0.39 is 5.91 Å². The summed E-state index contributed by atoms with van der Waals surface area (Å²) in [5.41, 5.74) is 8.74. The minimum Gasteiger partial charge on any atom is -0.484 e. The number of piperazine rings is 1. The molecule has 0 aromatic heterocycles. The van der Waals surface area contributed by atoms with Crippen LogP contribution in [0, 0.1) is 6.92 Å². The molecule has 1 saturated heterocycles. The summed E-state index contributed by atoms with van der Waals surface area (Å²) in [6.07, 6.45) is 0. The number of benzene rings is 2. The van der Waals surface area contributed by atoms with Crippen LogP contribution < -0.4 is 20.7 Å². The maximum Gasteiger partial charge on any atom is 0.255 e. The van der Waals surface area contributed by atoms with Gasteiger partial charge in [0, 0.05) is 45.5 Å². The van der Waals surface area contributed by atoms with Crippen molar-refractivity contribution in [3.05, 3.63) is 59.7 Å². The van der Waals surface area contributed by atoms with Gasteiger partial charge in [-0.2, -0.15) is 0 Å². The van der Waals surface area contributed by atoms with Crippen LogP contribution in [0.25, 0.3) is 0 Å². The fourth-order valence-corrected chi connectivity index (χ4v) is 3.41. The molecule has 3 N–H and O–H groups in total. The maximum atomic E-state index is 10.9. The van der Waals surface area contributed by atoms with Crippen molar-refractivity contribution in [1.29, 1.82) is 0 Å². The third-order valence-electron chi connectivity index (χ3n) is 4.89. The SMILES string of the molecule is CN=C(NCc1cccc(OCC(N)=O)c1)N1CCN(c2cccc(C)c2)CC1. The normalized spacial score (nSPS) is 14.6. The van der Waals surface area contributed by atoms with Gasteiger partial charge in [0.1, 0.15) is 5.75 Å². The summed E-state index contributed by atoms with van der Waals surface area (Å²) in [5.74, 6) is 1.03. The summed E-state index contributed by atoms with van der Waals surface area (Å²) < 4.78 is 5.37. The van der Waals surface area contributed by atoms with Crippen molar-refractivity contribution < 1.29 is 9.53 Å². The lowest BCUT2D eigenvalue weighted by molar-refractivity contribution is -0.119. The highest BCUT2D eigenvalue weighted by molar-refractivity contribution is 5.80. The van der Waals surface area contributed by atoms with E-state index in [0.29, 0.717) is 12.3 Å². The van der Waals surface area contributed by atoms with Gasteiger partial charge in [-0.05, 0) is 42.3 Å². The third kappa shape index (κ3) is 5.88. The summed E-state index contributed by atoms with van der Waals surface area (Å²) in [6.45, 7) is 6.37. The van der Waals surface area contributed by atoms with Crippen molar-refractivity contribution in [3.8, 4) is 5.75 Å². The van der Waals surface area contributed by atoms with E-state index in [4.69, 9.17) is 10.5 Å². The summed E-state index contributed by atoms with van der Waals surface area (Å²) in [7, 11) is 1.81. The quantitative estimate of drug-likeness (QED) is 0.575. The minimum atomic E-state index is -0.487. The van der Waals surface area contributed by atoms with Crippen LogP contribution in [-0.4, -0.2) is 56.6 Å². The highest BCUT2D eigenvalue weighted by atomic mass is 16.5. The van der Waals surface area contributed by atoms with Gasteiger partial charge in [0.25, 0.3) is 5.91 Å². The molecule has 0 aliphatic carbocycles. The second kappa shape index (κ2) is 9.82. The molecule has 0 radical (unpaired) electrons. The fraction of sp³-hybridized carbons (Fsp3) is 0.364. The topological polar surface area (TPSA) is 83.2 Å². The summed E-state index contributed by atoms with van der Waals surface area (Å²) in [4.78, 5) is 20.0. The molecule has 3 rings (SSSR count). The van der Waals surface area contributed by atoms with Gasteiger partial charge in [-0.1, -0.05) is 24.3 Å². The van der Waals surface area contributed by atoms with Gasteiger partial charge >= 0.3 is 0 Å². The van der Waals surface area contributed by atoms with Gasteiger partial charge in [0.05, 0.1) is 0 Å². The first-order chi connectivity index (χ1) is 14.0. The molecule has 154 valence electrons. The van der Waals surface area contributed by atoms with Crippen molar-refractivity contribution >= 4 is 17.6 Å². The zero-order chi connectivity index (χ0) is 20.6. The molecule has 1 heterocycles. The molecule has 1 fully saturated rings. The predicted molar refractivity (Wildman–Crippen MR) is 116 cm³/mol. The number of nitrogens with two attached hydrogens (primary N) is 1. The molecule has 7 heteroatoms. The molecular formula is C22H29N5O2. The van der Waals surface area contributed by atoms with Crippen LogP contribution in [0.4, 0.5) is 5.69 Å². The number of hydrogen-bond acceptors (Lipinski definition) is 4. The molecule has 7 nitrogen and oxygen atoms in total. The molecule has 1 amide bonds. The average Bonchev–Trinajstić information content (AvgIpc) is 2.73.